The first-order valence-electron chi connectivity index (χ1n) is 1.40. The van der Waals surface area contributed by atoms with Gasteiger partial charge in [0.15, 0.2) is 0 Å². The predicted octanol–water partition coefficient (Wildman–Crippen LogP) is -2.01. The maximum absolute atomic E-state index is 9.00. The van der Waals surface area contributed by atoms with E-state index in [2.05, 4.69) is 17.0 Å². The van der Waals surface area contributed by atoms with Gasteiger partial charge in [0.1, 0.15) is 0 Å². The first kappa shape index (κ1) is 10.3. The second-order valence-corrected chi connectivity index (χ2v) is 1.26. The van der Waals surface area contributed by atoms with E-state index < -0.39 is 14.2 Å². The Morgan fingerprint density at radius 3 is 1.50 bits per heavy atom. The first-order chi connectivity index (χ1) is 3.46. The standard InChI is InChI=1S/CH4N2O.H2NO2P/c2-1(3)4;1-4(2)3/h(H4,2,3,4);(H2,1,2,3). The number of hydrogen-bond acceptors (Lipinski definition) is 3. The quantitative estimate of drug-likeness (QED) is 0.334. The molecule has 0 saturated heterocycles. The minimum Gasteiger partial charge on any atom is -0.578 e. The van der Waals surface area contributed by atoms with Crippen LogP contribution in [0.15, 0.2) is 0 Å². The highest BCUT2D eigenvalue weighted by atomic mass is 31.1. The topological polar surface area (TPSA) is 135 Å². The number of hydrogen-bond donors (Lipinski definition) is 3. The summed E-state index contributed by atoms with van der Waals surface area (Å²) in [5.74, 6) is 0. The Bertz CT molecular complexity index is 72.5. The second kappa shape index (κ2) is 6.29. The summed E-state index contributed by atoms with van der Waals surface area (Å²) in [5, 5.41) is 0. The minimum absolute atomic E-state index is 0.833. The Hall–Kier alpha value is -0.710. The zero-order chi connectivity index (χ0) is 7.15. The largest absolute Gasteiger partial charge is 0.578 e. The van der Waals surface area contributed by atoms with Crippen molar-refractivity contribution in [2.45, 2.75) is 0 Å². The van der Waals surface area contributed by atoms with Crippen LogP contribution in [0.2, 0.25) is 0 Å². The fraction of sp³-hybridized carbons (Fsp3) is 0. The molecule has 0 aromatic rings. The summed E-state index contributed by atoms with van der Waals surface area (Å²) in [6.45, 7) is 0. The van der Waals surface area contributed by atoms with Crippen LogP contribution >= 0.6 is 8.18 Å². The third-order valence-corrected chi connectivity index (χ3v) is 0. The number of primary amides is 2. The first-order valence-corrected chi connectivity index (χ1v) is 2.65. The van der Waals surface area contributed by atoms with E-state index in [1.54, 1.807) is 0 Å². The molecule has 2 amide bonds. The molecule has 8 heavy (non-hydrogen) atoms. The third kappa shape index (κ3) is 193. The molecule has 0 radical (unpaired) electrons. The third-order valence-electron chi connectivity index (χ3n) is 0. The molecule has 0 heterocycles. The van der Waals surface area contributed by atoms with Gasteiger partial charge in [0.05, 0.1) is 0 Å². The summed E-state index contributed by atoms with van der Waals surface area (Å²) in [6.07, 6.45) is 0. The van der Waals surface area contributed by atoms with Crippen LogP contribution in [0.4, 0.5) is 4.79 Å². The van der Waals surface area contributed by atoms with Crippen LogP contribution in [0.5, 0.6) is 0 Å². The van der Waals surface area contributed by atoms with Crippen LogP contribution in [0.1, 0.15) is 0 Å². The van der Waals surface area contributed by atoms with Gasteiger partial charge in [-0.25, -0.2) is 4.79 Å². The molecule has 6 N–H and O–H groups in total. The van der Waals surface area contributed by atoms with Gasteiger partial charge in [0.2, 0.25) is 0 Å². The highest BCUT2D eigenvalue weighted by Gasteiger charge is 1.69. The molecule has 1 unspecified atom stereocenters. The summed E-state index contributed by atoms with van der Waals surface area (Å²) in [7, 11) is -2.62. The van der Waals surface area contributed by atoms with E-state index in [1.807, 2.05) is 0 Å². The fourth-order valence-electron chi connectivity index (χ4n) is 0. The number of carbonyl (C=O) groups is 1. The molecule has 0 aliphatic heterocycles. The molecule has 0 fully saturated rings. The van der Waals surface area contributed by atoms with E-state index in [4.69, 9.17) is 14.3 Å². The van der Waals surface area contributed by atoms with Gasteiger partial charge in [-0.1, -0.05) is 4.57 Å². The van der Waals surface area contributed by atoms with Gasteiger partial charge in [-0.2, -0.15) is 0 Å². The molecular weight excluding hydrogens is 133 g/mol. The van der Waals surface area contributed by atoms with E-state index in [-0.39, 0.29) is 0 Å². The van der Waals surface area contributed by atoms with Crippen LogP contribution in [0, 0.1) is 0 Å². The van der Waals surface area contributed by atoms with Gasteiger partial charge >= 0.3 is 14.2 Å². The molecule has 0 aliphatic carbocycles. The van der Waals surface area contributed by atoms with Gasteiger partial charge in [-0.3, -0.25) is 0 Å². The van der Waals surface area contributed by atoms with Gasteiger partial charge in [-0.15, -0.1) is 5.50 Å². The van der Waals surface area contributed by atoms with Crippen LogP contribution in [-0.2, 0) is 4.57 Å². The Morgan fingerprint density at radius 2 is 1.50 bits per heavy atom. The highest BCUT2D eigenvalue weighted by Crippen LogP contribution is 1.81. The molecule has 0 aromatic heterocycles. The summed E-state index contributed by atoms with van der Waals surface area (Å²) < 4.78 is 8.81. The van der Waals surface area contributed by atoms with Gasteiger partial charge < -0.3 is 16.4 Å². The maximum Gasteiger partial charge on any atom is 0.405 e. The lowest BCUT2D eigenvalue weighted by Crippen LogP contribution is -2.18. The van der Waals surface area contributed by atoms with E-state index >= 15 is 0 Å². The Kier molecular flexibility index (Phi) is 8.10. The molecular formula is CH6N3O3P. The van der Waals surface area contributed by atoms with Gasteiger partial charge in [0, 0.05) is 0 Å². The molecule has 0 aromatic carbocycles. The number of amides is 2. The zero-order valence-electron chi connectivity index (χ0n) is 3.90. The maximum atomic E-state index is 9.00. The molecule has 0 rings (SSSR count). The Balaban J connectivity index is 0. The summed E-state index contributed by atoms with van der Waals surface area (Å²) >= 11 is 0. The molecule has 0 saturated carbocycles. The van der Waals surface area contributed by atoms with Crippen molar-refractivity contribution in [1.29, 1.82) is 0 Å². The fourth-order valence-corrected chi connectivity index (χ4v) is 0. The van der Waals surface area contributed by atoms with Crippen molar-refractivity contribution < 1.29 is 14.3 Å². The van der Waals surface area contributed by atoms with Gasteiger partial charge in [0.25, 0.3) is 0 Å². The number of nitrogens with two attached hydrogens (primary N) is 3. The Morgan fingerprint density at radius 1 is 1.50 bits per heavy atom. The normalized spacial score (nSPS) is 8.50. The lowest BCUT2D eigenvalue weighted by atomic mass is 11.2. The van der Waals surface area contributed by atoms with Crippen LogP contribution in [0.25, 0.3) is 0 Å². The number of urea groups is 1. The molecule has 0 bridgehead atoms. The van der Waals surface area contributed by atoms with Crippen molar-refractivity contribution in [2.75, 3.05) is 0 Å². The van der Waals surface area contributed by atoms with Crippen molar-refractivity contribution in [3.05, 3.63) is 0 Å². The van der Waals surface area contributed by atoms with Crippen molar-refractivity contribution in [3.63, 3.8) is 0 Å². The average molecular weight is 139 g/mol. The van der Waals surface area contributed by atoms with Crippen LogP contribution in [-0.4, -0.2) is 6.03 Å². The molecule has 48 valence electrons. The van der Waals surface area contributed by atoms with Gasteiger partial charge in [-0.05, 0) is 0 Å². The molecule has 0 aliphatic rings. The average Bonchev–Trinajstić information content (AvgIpc) is 1.25. The number of carbonyl (C=O) groups excluding carboxylic acids is 1. The summed E-state index contributed by atoms with van der Waals surface area (Å²) in [6, 6.07) is -0.833. The van der Waals surface area contributed by atoms with E-state index in [9.17, 15) is 0 Å². The molecule has 1 atom stereocenters. The lowest BCUT2D eigenvalue weighted by molar-refractivity contribution is -0.164. The smallest absolute Gasteiger partial charge is 0.405 e. The number of rotatable bonds is 0. The summed E-state index contributed by atoms with van der Waals surface area (Å²) in [5.41, 5.74) is 12.6. The van der Waals surface area contributed by atoms with Crippen molar-refractivity contribution >= 4 is 14.2 Å². The summed E-state index contributed by atoms with van der Waals surface area (Å²) in [4.78, 5) is 17.8. The van der Waals surface area contributed by atoms with E-state index in [1.165, 1.54) is 0 Å². The minimum atomic E-state index is -2.62. The Labute approximate surface area is 46.6 Å². The zero-order valence-corrected chi connectivity index (χ0v) is 4.80. The van der Waals surface area contributed by atoms with Crippen LogP contribution in [0.3, 0.4) is 0 Å². The highest BCUT2D eigenvalue weighted by molar-refractivity contribution is 7.33. The molecule has 7 heteroatoms. The van der Waals surface area contributed by atoms with Crippen molar-refractivity contribution in [1.82, 2.24) is 0 Å². The molecule has 6 nitrogen and oxygen atoms in total. The van der Waals surface area contributed by atoms with Crippen LogP contribution < -0.4 is 21.9 Å². The molecule has 0 spiro atoms. The second-order valence-electron chi connectivity index (χ2n) is 0.688. The van der Waals surface area contributed by atoms with Crippen molar-refractivity contribution in [3.8, 4) is 0 Å². The lowest BCUT2D eigenvalue weighted by Gasteiger charge is -1.62. The SMILES string of the molecule is NC(N)=O.N[P+](=O)[O-]. The monoisotopic (exact) mass is 139 g/mol. The van der Waals surface area contributed by atoms with E-state index in [0.717, 1.165) is 0 Å². The predicted molar refractivity (Wildman–Crippen MR) is 25.6 cm³/mol. The van der Waals surface area contributed by atoms with Crippen molar-refractivity contribution in [2.24, 2.45) is 17.0 Å². The van der Waals surface area contributed by atoms with E-state index in [0.29, 0.717) is 0 Å².